The monoisotopic (exact) mass is 287 g/mol. The number of rotatable bonds is 4. The van der Waals surface area contributed by atoms with E-state index >= 15 is 0 Å². The summed E-state index contributed by atoms with van der Waals surface area (Å²) in [5.41, 5.74) is 3.24. The molecule has 112 valence electrons. The number of hydrogen-bond acceptors (Lipinski definition) is 5. The molecule has 6 nitrogen and oxygen atoms in total. The minimum Gasteiger partial charge on any atom is -0.387 e. The Morgan fingerprint density at radius 2 is 2.29 bits per heavy atom. The predicted octanol–water partition coefficient (Wildman–Crippen LogP) is 1.43. The van der Waals surface area contributed by atoms with Crippen molar-refractivity contribution in [2.24, 2.45) is 7.05 Å². The van der Waals surface area contributed by atoms with Crippen LogP contribution in [0.4, 0.5) is 5.69 Å². The molecular weight excluding hydrogens is 266 g/mol. The van der Waals surface area contributed by atoms with Crippen molar-refractivity contribution >= 4 is 5.69 Å². The van der Waals surface area contributed by atoms with Gasteiger partial charge in [-0.15, -0.1) is 0 Å². The van der Waals surface area contributed by atoms with Gasteiger partial charge in [0, 0.05) is 45.5 Å². The molecule has 6 heteroatoms. The second kappa shape index (κ2) is 6.24. The standard InChI is InChI=1S/C15H21N5O/c1-16-13-3-4-14(17-8-13)15-11-20(5-6-21-15)10-12-7-18-19(2)9-12/h3-4,7-9,15-16H,5-6,10-11H2,1-2H3. The molecule has 1 aliphatic rings. The van der Waals surface area contributed by atoms with Crippen molar-refractivity contribution < 1.29 is 4.74 Å². The van der Waals surface area contributed by atoms with E-state index in [0.29, 0.717) is 0 Å². The lowest BCUT2D eigenvalue weighted by Crippen LogP contribution is -2.38. The minimum absolute atomic E-state index is 0.0429. The largest absolute Gasteiger partial charge is 0.387 e. The summed E-state index contributed by atoms with van der Waals surface area (Å²) in [5.74, 6) is 0. The average Bonchev–Trinajstić information content (AvgIpc) is 2.93. The first kappa shape index (κ1) is 14.0. The second-order valence-electron chi connectivity index (χ2n) is 5.34. The molecule has 0 spiro atoms. The first-order chi connectivity index (χ1) is 10.2. The van der Waals surface area contributed by atoms with Crippen molar-refractivity contribution in [1.82, 2.24) is 19.7 Å². The molecule has 0 amide bonds. The Labute approximate surface area is 124 Å². The van der Waals surface area contributed by atoms with E-state index in [1.165, 1.54) is 5.56 Å². The maximum Gasteiger partial charge on any atom is 0.112 e. The van der Waals surface area contributed by atoms with Gasteiger partial charge in [-0.1, -0.05) is 0 Å². The lowest BCUT2D eigenvalue weighted by atomic mass is 10.1. The van der Waals surface area contributed by atoms with Gasteiger partial charge in [0.15, 0.2) is 0 Å². The first-order valence-electron chi connectivity index (χ1n) is 7.20. The molecule has 1 aliphatic heterocycles. The fourth-order valence-corrected chi connectivity index (χ4v) is 2.58. The zero-order valence-corrected chi connectivity index (χ0v) is 12.5. The second-order valence-corrected chi connectivity index (χ2v) is 5.34. The maximum absolute atomic E-state index is 5.87. The highest BCUT2D eigenvalue weighted by Crippen LogP contribution is 2.22. The molecule has 1 unspecified atom stereocenters. The molecule has 1 saturated heterocycles. The SMILES string of the molecule is CNc1ccc(C2CN(Cc3cnn(C)c3)CCO2)nc1. The van der Waals surface area contributed by atoms with E-state index in [2.05, 4.69) is 26.5 Å². The van der Waals surface area contributed by atoms with E-state index in [1.807, 2.05) is 43.3 Å². The summed E-state index contributed by atoms with van der Waals surface area (Å²) in [4.78, 5) is 6.88. The number of ether oxygens (including phenoxy) is 1. The van der Waals surface area contributed by atoms with Crippen molar-refractivity contribution in [2.45, 2.75) is 12.6 Å². The summed E-state index contributed by atoms with van der Waals surface area (Å²) < 4.78 is 7.70. The average molecular weight is 287 g/mol. The van der Waals surface area contributed by atoms with Crippen molar-refractivity contribution in [3.8, 4) is 0 Å². The number of nitrogens with one attached hydrogen (secondary N) is 1. The maximum atomic E-state index is 5.87. The van der Waals surface area contributed by atoms with E-state index in [4.69, 9.17) is 4.74 Å². The molecule has 0 radical (unpaired) electrons. The molecule has 0 aliphatic carbocycles. The molecule has 21 heavy (non-hydrogen) atoms. The van der Waals surface area contributed by atoms with Crippen LogP contribution in [0.15, 0.2) is 30.7 Å². The van der Waals surface area contributed by atoms with Gasteiger partial charge in [-0.05, 0) is 12.1 Å². The van der Waals surface area contributed by atoms with Gasteiger partial charge in [0.05, 0.1) is 30.4 Å². The highest BCUT2D eigenvalue weighted by Gasteiger charge is 2.23. The lowest BCUT2D eigenvalue weighted by Gasteiger charge is -2.32. The summed E-state index contributed by atoms with van der Waals surface area (Å²) in [5, 5.41) is 7.30. The van der Waals surface area contributed by atoms with Gasteiger partial charge in [0.1, 0.15) is 6.10 Å². The molecule has 3 rings (SSSR count). The Bertz CT molecular complexity index is 580. The molecule has 0 saturated carbocycles. The minimum atomic E-state index is 0.0429. The van der Waals surface area contributed by atoms with Crippen LogP contribution >= 0.6 is 0 Å². The van der Waals surface area contributed by atoms with Crippen LogP contribution in [0.1, 0.15) is 17.4 Å². The Morgan fingerprint density at radius 1 is 1.38 bits per heavy atom. The van der Waals surface area contributed by atoms with E-state index in [0.717, 1.165) is 37.6 Å². The molecule has 2 aromatic heterocycles. The van der Waals surface area contributed by atoms with Gasteiger partial charge < -0.3 is 10.1 Å². The Hall–Kier alpha value is -1.92. The van der Waals surface area contributed by atoms with Crippen molar-refractivity contribution in [3.05, 3.63) is 42.0 Å². The van der Waals surface area contributed by atoms with Crippen LogP contribution < -0.4 is 5.32 Å². The highest BCUT2D eigenvalue weighted by atomic mass is 16.5. The third kappa shape index (κ3) is 3.40. The summed E-state index contributed by atoms with van der Waals surface area (Å²) >= 11 is 0. The lowest BCUT2D eigenvalue weighted by molar-refractivity contribution is -0.0349. The van der Waals surface area contributed by atoms with Crippen LogP contribution in [0, 0.1) is 0 Å². The Kier molecular flexibility index (Phi) is 4.17. The van der Waals surface area contributed by atoms with E-state index in [9.17, 15) is 0 Å². The molecule has 1 fully saturated rings. The number of anilines is 1. The van der Waals surface area contributed by atoms with Crippen LogP contribution in [-0.4, -0.2) is 46.4 Å². The summed E-state index contributed by atoms with van der Waals surface area (Å²) in [6.45, 7) is 3.45. The Morgan fingerprint density at radius 3 is 2.95 bits per heavy atom. The number of nitrogens with zero attached hydrogens (tertiary/aromatic N) is 4. The molecule has 3 heterocycles. The summed E-state index contributed by atoms with van der Waals surface area (Å²) in [6.07, 6.45) is 5.87. The van der Waals surface area contributed by atoms with Crippen molar-refractivity contribution in [3.63, 3.8) is 0 Å². The van der Waals surface area contributed by atoms with Crippen LogP contribution in [0.5, 0.6) is 0 Å². The van der Waals surface area contributed by atoms with Gasteiger partial charge in [-0.3, -0.25) is 14.6 Å². The van der Waals surface area contributed by atoms with Crippen LogP contribution in [0.3, 0.4) is 0 Å². The molecule has 2 aromatic rings. The van der Waals surface area contributed by atoms with Gasteiger partial charge in [0.25, 0.3) is 0 Å². The number of aryl methyl sites for hydroxylation is 1. The number of aromatic nitrogens is 3. The van der Waals surface area contributed by atoms with Crippen molar-refractivity contribution in [2.75, 3.05) is 32.1 Å². The fourth-order valence-electron chi connectivity index (χ4n) is 2.58. The van der Waals surface area contributed by atoms with E-state index in [1.54, 1.807) is 0 Å². The van der Waals surface area contributed by atoms with Gasteiger partial charge >= 0.3 is 0 Å². The molecule has 0 aromatic carbocycles. The van der Waals surface area contributed by atoms with Crippen LogP contribution in [0.2, 0.25) is 0 Å². The number of hydrogen-bond donors (Lipinski definition) is 1. The molecule has 1 N–H and O–H groups in total. The third-order valence-corrected chi connectivity index (χ3v) is 3.72. The normalized spacial score (nSPS) is 19.6. The predicted molar refractivity (Wildman–Crippen MR) is 81.0 cm³/mol. The summed E-state index contributed by atoms with van der Waals surface area (Å²) in [6, 6.07) is 4.07. The quantitative estimate of drug-likeness (QED) is 0.922. The van der Waals surface area contributed by atoms with E-state index in [-0.39, 0.29) is 6.10 Å². The molecule has 1 atom stereocenters. The Balaban J connectivity index is 1.64. The van der Waals surface area contributed by atoms with Gasteiger partial charge in [-0.25, -0.2) is 0 Å². The molecule has 0 bridgehead atoms. The summed E-state index contributed by atoms with van der Waals surface area (Å²) in [7, 11) is 3.84. The smallest absolute Gasteiger partial charge is 0.112 e. The van der Waals surface area contributed by atoms with Gasteiger partial charge in [-0.2, -0.15) is 5.10 Å². The fraction of sp³-hybridized carbons (Fsp3) is 0.467. The van der Waals surface area contributed by atoms with Gasteiger partial charge in [0.2, 0.25) is 0 Å². The zero-order valence-electron chi connectivity index (χ0n) is 12.5. The molecular formula is C15H21N5O. The number of morpholine rings is 1. The van der Waals surface area contributed by atoms with Crippen LogP contribution in [-0.2, 0) is 18.3 Å². The highest BCUT2D eigenvalue weighted by molar-refractivity contribution is 5.40. The first-order valence-corrected chi connectivity index (χ1v) is 7.20. The van der Waals surface area contributed by atoms with E-state index < -0.39 is 0 Å². The third-order valence-electron chi connectivity index (χ3n) is 3.72. The van der Waals surface area contributed by atoms with Crippen molar-refractivity contribution in [1.29, 1.82) is 0 Å². The number of pyridine rings is 1. The van der Waals surface area contributed by atoms with Crippen LogP contribution in [0.25, 0.3) is 0 Å². The topological polar surface area (TPSA) is 55.2 Å². The zero-order chi connectivity index (χ0) is 14.7.